The molecule has 0 aliphatic carbocycles. The van der Waals surface area contributed by atoms with Gasteiger partial charge >= 0.3 is 0 Å². The SMILES string of the molecule is COc1cccc(C(NN)c2ccc(Cl)cc2)c1OC. The minimum Gasteiger partial charge on any atom is -0.493 e. The highest BCUT2D eigenvalue weighted by Gasteiger charge is 2.19. The molecule has 0 aliphatic heterocycles. The first kappa shape index (κ1) is 14.7. The summed E-state index contributed by atoms with van der Waals surface area (Å²) in [6.07, 6.45) is 0. The van der Waals surface area contributed by atoms with Crippen molar-refractivity contribution in [2.24, 2.45) is 5.84 Å². The standard InChI is InChI=1S/C15H17ClN2O2/c1-19-13-5-3-4-12(15(13)20-2)14(18-17)10-6-8-11(16)9-7-10/h3-9,14,18H,17H2,1-2H3. The molecular formula is C15H17ClN2O2. The Morgan fingerprint density at radius 3 is 2.30 bits per heavy atom. The molecule has 0 saturated heterocycles. The van der Waals surface area contributed by atoms with Crippen molar-refractivity contribution in [3.8, 4) is 11.5 Å². The summed E-state index contributed by atoms with van der Waals surface area (Å²) in [5.41, 5.74) is 4.69. The molecule has 0 spiro atoms. The van der Waals surface area contributed by atoms with Gasteiger partial charge < -0.3 is 9.47 Å². The Kier molecular flexibility index (Phi) is 4.84. The second kappa shape index (κ2) is 6.61. The van der Waals surface area contributed by atoms with E-state index >= 15 is 0 Å². The van der Waals surface area contributed by atoms with Crippen LogP contribution in [0.3, 0.4) is 0 Å². The Morgan fingerprint density at radius 2 is 1.75 bits per heavy atom. The van der Waals surface area contributed by atoms with Crippen LogP contribution in [-0.4, -0.2) is 14.2 Å². The highest BCUT2D eigenvalue weighted by molar-refractivity contribution is 6.30. The van der Waals surface area contributed by atoms with Gasteiger partial charge in [0, 0.05) is 10.6 Å². The Labute approximate surface area is 123 Å². The van der Waals surface area contributed by atoms with Gasteiger partial charge in [0.2, 0.25) is 0 Å². The van der Waals surface area contributed by atoms with Crippen LogP contribution in [0.4, 0.5) is 0 Å². The van der Waals surface area contributed by atoms with E-state index in [-0.39, 0.29) is 6.04 Å². The van der Waals surface area contributed by atoms with Gasteiger partial charge in [-0.3, -0.25) is 5.84 Å². The van der Waals surface area contributed by atoms with E-state index in [4.69, 9.17) is 26.9 Å². The number of benzene rings is 2. The number of hydrogen-bond donors (Lipinski definition) is 2. The largest absolute Gasteiger partial charge is 0.493 e. The van der Waals surface area contributed by atoms with Crippen molar-refractivity contribution in [1.29, 1.82) is 0 Å². The van der Waals surface area contributed by atoms with Crippen LogP contribution >= 0.6 is 11.6 Å². The summed E-state index contributed by atoms with van der Waals surface area (Å²) in [6.45, 7) is 0. The van der Waals surface area contributed by atoms with E-state index < -0.39 is 0 Å². The molecule has 3 N–H and O–H groups in total. The van der Waals surface area contributed by atoms with Crippen LogP contribution in [-0.2, 0) is 0 Å². The monoisotopic (exact) mass is 292 g/mol. The Morgan fingerprint density at radius 1 is 1.05 bits per heavy atom. The number of rotatable bonds is 5. The summed E-state index contributed by atoms with van der Waals surface area (Å²) in [6, 6.07) is 13.0. The normalized spacial score (nSPS) is 12.0. The van der Waals surface area contributed by atoms with E-state index in [2.05, 4.69) is 5.43 Å². The van der Waals surface area contributed by atoms with Crippen molar-refractivity contribution in [2.45, 2.75) is 6.04 Å². The molecule has 0 aromatic heterocycles. The number of nitrogens with one attached hydrogen (secondary N) is 1. The molecule has 0 bridgehead atoms. The Hall–Kier alpha value is -1.75. The quantitative estimate of drug-likeness (QED) is 0.657. The van der Waals surface area contributed by atoms with Gasteiger partial charge in [-0.05, 0) is 23.8 Å². The third-order valence-corrected chi connectivity index (χ3v) is 3.37. The van der Waals surface area contributed by atoms with E-state index in [0.717, 1.165) is 11.1 Å². The lowest BCUT2D eigenvalue weighted by Crippen LogP contribution is -2.29. The number of para-hydroxylation sites is 1. The average molecular weight is 293 g/mol. The first-order valence-corrected chi connectivity index (χ1v) is 6.51. The van der Waals surface area contributed by atoms with Gasteiger partial charge in [0.1, 0.15) is 0 Å². The lowest BCUT2D eigenvalue weighted by molar-refractivity contribution is 0.349. The summed E-state index contributed by atoms with van der Waals surface area (Å²) in [5, 5.41) is 0.683. The maximum atomic E-state index is 5.92. The minimum absolute atomic E-state index is 0.211. The molecule has 106 valence electrons. The fraction of sp³-hybridized carbons (Fsp3) is 0.200. The second-order valence-electron chi connectivity index (χ2n) is 4.23. The third-order valence-electron chi connectivity index (χ3n) is 3.11. The fourth-order valence-corrected chi connectivity index (χ4v) is 2.29. The van der Waals surface area contributed by atoms with Gasteiger partial charge in [-0.25, -0.2) is 5.43 Å². The van der Waals surface area contributed by atoms with Crippen molar-refractivity contribution in [3.63, 3.8) is 0 Å². The smallest absolute Gasteiger partial charge is 0.165 e. The number of nitrogens with two attached hydrogens (primary N) is 1. The fourth-order valence-electron chi connectivity index (χ4n) is 2.16. The van der Waals surface area contributed by atoms with Gasteiger partial charge in [-0.15, -0.1) is 0 Å². The molecule has 0 fully saturated rings. The molecule has 0 amide bonds. The zero-order valence-corrected chi connectivity index (χ0v) is 12.1. The predicted octanol–water partition coefficient (Wildman–Crippen LogP) is 2.91. The van der Waals surface area contributed by atoms with Crippen molar-refractivity contribution in [2.75, 3.05) is 14.2 Å². The second-order valence-corrected chi connectivity index (χ2v) is 4.67. The topological polar surface area (TPSA) is 56.5 Å². The maximum absolute atomic E-state index is 5.92. The zero-order valence-electron chi connectivity index (χ0n) is 11.4. The summed E-state index contributed by atoms with van der Waals surface area (Å²) >= 11 is 5.92. The van der Waals surface area contributed by atoms with Crippen LogP contribution in [0.25, 0.3) is 0 Å². The summed E-state index contributed by atoms with van der Waals surface area (Å²) < 4.78 is 10.8. The van der Waals surface area contributed by atoms with Crippen LogP contribution in [0.1, 0.15) is 17.2 Å². The lowest BCUT2D eigenvalue weighted by atomic mass is 9.98. The van der Waals surface area contributed by atoms with E-state index in [1.54, 1.807) is 14.2 Å². The minimum atomic E-state index is -0.211. The van der Waals surface area contributed by atoms with Gasteiger partial charge in [-0.1, -0.05) is 35.9 Å². The molecule has 2 aromatic carbocycles. The van der Waals surface area contributed by atoms with Crippen molar-refractivity contribution >= 4 is 11.6 Å². The van der Waals surface area contributed by atoms with Crippen LogP contribution in [0, 0.1) is 0 Å². The van der Waals surface area contributed by atoms with Gasteiger partial charge in [-0.2, -0.15) is 0 Å². The molecule has 2 rings (SSSR count). The summed E-state index contributed by atoms with van der Waals surface area (Å²) in [5.74, 6) is 7.04. The molecule has 0 saturated carbocycles. The molecule has 0 radical (unpaired) electrons. The molecule has 1 unspecified atom stereocenters. The van der Waals surface area contributed by atoms with Crippen molar-refractivity contribution in [3.05, 3.63) is 58.6 Å². The number of halogens is 1. The first-order valence-electron chi connectivity index (χ1n) is 6.13. The number of methoxy groups -OCH3 is 2. The highest BCUT2D eigenvalue weighted by atomic mass is 35.5. The van der Waals surface area contributed by atoms with Crippen LogP contribution in [0.5, 0.6) is 11.5 Å². The van der Waals surface area contributed by atoms with Gasteiger partial charge in [0.15, 0.2) is 11.5 Å². The highest BCUT2D eigenvalue weighted by Crippen LogP contribution is 2.36. The Balaban J connectivity index is 2.49. The van der Waals surface area contributed by atoms with E-state index in [1.807, 2.05) is 42.5 Å². The van der Waals surface area contributed by atoms with Gasteiger partial charge in [0.25, 0.3) is 0 Å². The molecule has 5 heteroatoms. The molecule has 1 atom stereocenters. The van der Waals surface area contributed by atoms with Crippen molar-refractivity contribution < 1.29 is 9.47 Å². The maximum Gasteiger partial charge on any atom is 0.165 e. The zero-order chi connectivity index (χ0) is 14.5. The summed E-state index contributed by atoms with van der Waals surface area (Å²) in [7, 11) is 3.21. The number of ether oxygens (including phenoxy) is 2. The first-order chi connectivity index (χ1) is 9.71. The predicted molar refractivity (Wildman–Crippen MR) is 80.2 cm³/mol. The lowest BCUT2D eigenvalue weighted by Gasteiger charge is -2.21. The van der Waals surface area contributed by atoms with E-state index in [9.17, 15) is 0 Å². The molecule has 0 heterocycles. The molecular weight excluding hydrogens is 276 g/mol. The number of hydrogen-bond acceptors (Lipinski definition) is 4. The Bertz CT molecular complexity index is 573. The summed E-state index contributed by atoms with van der Waals surface area (Å²) in [4.78, 5) is 0. The van der Waals surface area contributed by atoms with Crippen molar-refractivity contribution in [1.82, 2.24) is 5.43 Å². The van der Waals surface area contributed by atoms with E-state index in [0.29, 0.717) is 16.5 Å². The number of hydrazine groups is 1. The molecule has 20 heavy (non-hydrogen) atoms. The molecule has 2 aromatic rings. The van der Waals surface area contributed by atoms with E-state index in [1.165, 1.54) is 0 Å². The van der Waals surface area contributed by atoms with Gasteiger partial charge in [0.05, 0.1) is 20.3 Å². The molecule has 0 aliphatic rings. The van der Waals surface area contributed by atoms with Crippen LogP contribution in [0.2, 0.25) is 5.02 Å². The van der Waals surface area contributed by atoms with Crippen LogP contribution < -0.4 is 20.7 Å². The third kappa shape index (κ3) is 2.88. The van der Waals surface area contributed by atoms with Crippen LogP contribution in [0.15, 0.2) is 42.5 Å². The average Bonchev–Trinajstić information content (AvgIpc) is 2.49. The molecule has 4 nitrogen and oxygen atoms in total.